The largest absolute Gasteiger partial charge is 0.454 e. The maximum Gasteiger partial charge on any atom is 0.319 e. The Hall–Kier alpha value is -4.62. The lowest BCUT2D eigenvalue weighted by Crippen LogP contribution is -2.42. The average Bonchev–Trinajstić information content (AvgIpc) is 3.54. The van der Waals surface area contributed by atoms with Crippen LogP contribution in [0.25, 0.3) is 16.3 Å². The number of rotatable bonds is 2. The number of carbonyl (C=O) groups excluding carboxylic acids is 3. The Morgan fingerprint density at radius 1 is 0.775 bits per heavy atom. The van der Waals surface area contributed by atoms with Gasteiger partial charge in [-0.2, -0.15) is 0 Å². The van der Waals surface area contributed by atoms with Crippen molar-refractivity contribution < 1.29 is 28.6 Å². The lowest BCUT2D eigenvalue weighted by atomic mass is 9.64. The number of anilines is 1. The van der Waals surface area contributed by atoms with Crippen molar-refractivity contribution in [3.05, 3.63) is 101 Å². The summed E-state index contributed by atoms with van der Waals surface area (Å²) in [6, 6.07) is 23.7. The van der Waals surface area contributed by atoms with Crippen molar-refractivity contribution in [3.63, 3.8) is 0 Å². The van der Waals surface area contributed by atoms with Gasteiger partial charge < -0.3 is 14.2 Å². The van der Waals surface area contributed by atoms with Gasteiger partial charge in [0.1, 0.15) is 5.75 Å². The summed E-state index contributed by atoms with van der Waals surface area (Å²) in [6.45, 7) is 0.117. The Morgan fingerprint density at radius 3 is 2.38 bits per heavy atom. The number of ether oxygens (including phenoxy) is 3. The summed E-state index contributed by atoms with van der Waals surface area (Å²) < 4.78 is 17.0. The van der Waals surface area contributed by atoms with Crippen LogP contribution in [-0.2, 0) is 14.4 Å². The molecule has 3 heterocycles. The summed E-state index contributed by atoms with van der Waals surface area (Å²) in [4.78, 5) is 43.1. The van der Waals surface area contributed by atoms with Crippen LogP contribution in [0.15, 0.2) is 84.9 Å². The summed E-state index contributed by atoms with van der Waals surface area (Å²) in [5.74, 6) is -2.89. The van der Waals surface area contributed by atoms with Crippen LogP contribution < -0.4 is 19.1 Å². The van der Waals surface area contributed by atoms with Crippen LogP contribution in [0, 0.1) is 17.8 Å². The van der Waals surface area contributed by atoms with E-state index in [0.29, 0.717) is 33.5 Å². The Bertz CT molecular complexity index is 1810. The number of hydrogen-bond acceptors (Lipinski definition) is 6. The van der Waals surface area contributed by atoms with E-state index in [2.05, 4.69) is 0 Å². The molecule has 196 valence electrons. The minimum absolute atomic E-state index is 0.117. The van der Waals surface area contributed by atoms with E-state index in [9.17, 15) is 14.4 Å². The molecule has 0 aromatic heterocycles. The molecule has 1 saturated heterocycles. The lowest BCUT2D eigenvalue weighted by Gasteiger charge is -2.38. The smallest absolute Gasteiger partial charge is 0.319 e. The maximum atomic E-state index is 14.2. The second kappa shape index (κ2) is 8.44. The molecule has 7 nitrogen and oxygen atoms in total. The first-order chi connectivity index (χ1) is 19.5. The highest BCUT2D eigenvalue weighted by Gasteiger charge is 2.60. The number of allylic oxidation sites excluding steroid dienone is 1. The molecule has 0 spiro atoms. The fourth-order valence-electron chi connectivity index (χ4n) is 6.62. The SMILES string of the molecule is O=C1Oc2ccc3ccccc3c2C2=C[C@H](c3ccc4c(c3)OCO4)[C@@H]3C(=O)N(c4ccc(Cl)cc4)C(=O)[C@H]3[C@@H]12. The first-order valence-electron chi connectivity index (χ1n) is 13.0. The number of imide groups is 1. The van der Waals surface area contributed by atoms with E-state index < -0.39 is 35.5 Å². The Labute approximate surface area is 233 Å². The molecule has 4 aromatic rings. The van der Waals surface area contributed by atoms with E-state index in [4.69, 9.17) is 25.8 Å². The number of nitrogens with zero attached hydrogens (tertiary/aromatic N) is 1. The molecule has 2 amide bonds. The van der Waals surface area contributed by atoms with Gasteiger partial charge in [0.05, 0.1) is 23.4 Å². The molecule has 0 bridgehead atoms. The molecule has 0 saturated carbocycles. The molecule has 4 atom stereocenters. The summed E-state index contributed by atoms with van der Waals surface area (Å²) in [7, 11) is 0. The van der Waals surface area contributed by atoms with Crippen molar-refractivity contribution in [2.45, 2.75) is 5.92 Å². The number of benzene rings is 4. The summed E-state index contributed by atoms with van der Waals surface area (Å²) in [5, 5.41) is 2.39. The van der Waals surface area contributed by atoms with Gasteiger partial charge in [-0.15, -0.1) is 0 Å². The van der Waals surface area contributed by atoms with E-state index in [1.54, 1.807) is 30.3 Å². The van der Waals surface area contributed by atoms with Crippen LogP contribution in [0.4, 0.5) is 5.69 Å². The lowest BCUT2D eigenvalue weighted by molar-refractivity contribution is -0.142. The normalized spacial score (nSPS) is 24.4. The predicted octanol–water partition coefficient (Wildman–Crippen LogP) is 5.74. The van der Waals surface area contributed by atoms with Crippen molar-refractivity contribution in [2.75, 3.05) is 11.7 Å². The highest BCUT2D eigenvalue weighted by Crippen LogP contribution is 2.56. The van der Waals surface area contributed by atoms with Gasteiger partial charge in [0, 0.05) is 16.5 Å². The quantitative estimate of drug-likeness (QED) is 0.180. The monoisotopic (exact) mass is 549 g/mol. The van der Waals surface area contributed by atoms with E-state index in [1.807, 2.05) is 54.6 Å². The van der Waals surface area contributed by atoms with E-state index >= 15 is 0 Å². The molecule has 0 radical (unpaired) electrons. The van der Waals surface area contributed by atoms with Gasteiger partial charge in [0.15, 0.2) is 11.5 Å². The Balaban J connectivity index is 1.36. The molecule has 3 aliphatic heterocycles. The van der Waals surface area contributed by atoms with Gasteiger partial charge in [-0.1, -0.05) is 54.1 Å². The first kappa shape index (κ1) is 23.3. The molecule has 4 aromatic carbocycles. The van der Waals surface area contributed by atoms with Gasteiger partial charge in [0.2, 0.25) is 18.6 Å². The van der Waals surface area contributed by atoms with Gasteiger partial charge in [-0.25, -0.2) is 4.90 Å². The molecular weight excluding hydrogens is 530 g/mol. The highest BCUT2D eigenvalue weighted by molar-refractivity contribution is 6.31. The second-order valence-electron chi connectivity index (χ2n) is 10.4. The van der Waals surface area contributed by atoms with Crippen molar-refractivity contribution in [2.24, 2.45) is 17.8 Å². The van der Waals surface area contributed by atoms with Gasteiger partial charge in [-0.3, -0.25) is 14.4 Å². The van der Waals surface area contributed by atoms with E-state index in [-0.39, 0.29) is 12.7 Å². The topological polar surface area (TPSA) is 82.1 Å². The molecule has 4 aliphatic rings. The Kier molecular flexibility index (Phi) is 4.91. The highest BCUT2D eigenvalue weighted by atomic mass is 35.5. The third-order valence-corrected chi connectivity index (χ3v) is 8.60. The van der Waals surface area contributed by atoms with Crippen molar-refractivity contribution in [1.82, 2.24) is 0 Å². The summed E-state index contributed by atoms with van der Waals surface area (Å²) in [6.07, 6.45) is 1.98. The van der Waals surface area contributed by atoms with Crippen LogP contribution in [0.2, 0.25) is 5.02 Å². The zero-order valence-electron chi connectivity index (χ0n) is 20.9. The average molecular weight is 550 g/mol. The number of esters is 1. The first-order valence-corrected chi connectivity index (χ1v) is 13.4. The zero-order valence-corrected chi connectivity index (χ0v) is 21.6. The fraction of sp³-hybridized carbons (Fsp3) is 0.156. The van der Waals surface area contributed by atoms with Crippen LogP contribution in [0.3, 0.4) is 0 Å². The minimum atomic E-state index is -0.946. The van der Waals surface area contributed by atoms with Gasteiger partial charge >= 0.3 is 5.97 Å². The standard InChI is InChI=1S/C32H20ClNO6/c33-18-7-9-19(10-8-18)34-30(35)27-21(17-6-11-23-25(13-17)39-15-38-23)14-22-26-20-4-2-1-3-16(20)5-12-24(26)40-32(37)28(22)29(27)31(34)36/h1-14,21,27-29H,15H2/t21-,27+,28+,29-/m1/s1. The molecular formula is C32H20ClNO6. The number of fused-ring (bicyclic) bond motifs is 8. The number of amides is 2. The van der Waals surface area contributed by atoms with E-state index in [0.717, 1.165) is 21.9 Å². The van der Waals surface area contributed by atoms with Crippen LogP contribution in [-0.4, -0.2) is 24.6 Å². The number of carbonyl (C=O) groups is 3. The van der Waals surface area contributed by atoms with Gasteiger partial charge in [-0.05, 0) is 64.4 Å². The van der Waals surface area contributed by atoms with Crippen molar-refractivity contribution >= 4 is 51.4 Å². The second-order valence-corrected chi connectivity index (χ2v) is 10.8. The molecule has 0 unspecified atom stereocenters. The maximum absolute atomic E-state index is 14.2. The third-order valence-electron chi connectivity index (χ3n) is 8.35. The minimum Gasteiger partial charge on any atom is -0.454 e. The zero-order chi connectivity index (χ0) is 27.1. The predicted molar refractivity (Wildman–Crippen MR) is 147 cm³/mol. The van der Waals surface area contributed by atoms with Crippen LogP contribution in [0.1, 0.15) is 17.0 Å². The van der Waals surface area contributed by atoms with Crippen molar-refractivity contribution in [1.29, 1.82) is 0 Å². The van der Waals surface area contributed by atoms with E-state index in [1.165, 1.54) is 4.90 Å². The van der Waals surface area contributed by atoms with Crippen LogP contribution in [0.5, 0.6) is 17.2 Å². The van der Waals surface area contributed by atoms with Crippen molar-refractivity contribution in [3.8, 4) is 17.2 Å². The summed E-state index contributed by atoms with van der Waals surface area (Å²) >= 11 is 6.09. The van der Waals surface area contributed by atoms with Gasteiger partial charge in [0.25, 0.3) is 0 Å². The third kappa shape index (κ3) is 3.21. The molecule has 8 rings (SSSR count). The molecule has 8 heteroatoms. The molecule has 0 N–H and O–H groups in total. The molecule has 1 aliphatic carbocycles. The number of halogens is 1. The Morgan fingerprint density at radius 2 is 1.52 bits per heavy atom. The van der Waals surface area contributed by atoms with Crippen LogP contribution >= 0.6 is 11.6 Å². The fourth-order valence-corrected chi connectivity index (χ4v) is 6.75. The molecule has 40 heavy (non-hydrogen) atoms. The number of hydrogen-bond donors (Lipinski definition) is 0. The summed E-state index contributed by atoms with van der Waals surface area (Å²) in [5.41, 5.74) is 2.68. The molecule has 1 fully saturated rings.